The first-order valence-electron chi connectivity index (χ1n) is 6.34. The van der Waals surface area contributed by atoms with E-state index in [-0.39, 0.29) is 11.6 Å². The summed E-state index contributed by atoms with van der Waals surface area (Å²) >= 11 is 0. The van der Waals surface area contributed by atoms with Gasteiger partial charge < -0.3 is 5.32 Å². The minimum atomic E-state index is -4.07. The van der Waals surface area contributed by atoms with Crippen molar-refractivity contribution >= 4 is 25.6 Å². The van der Waals surface area contributed by atoms with Crippen LogP contribution >= 0.6 is 10.7 Å². The second-order valence-corrected chi connectivity index (χ2v) is 7.05. The van der Waals surface area contributed by atoms with Crippen molar-refractivity contribution in [3.8, 4) is 0 Å². The molecule has 20 heavy (non-hydrogen) atoms. The van der Waals surface area contributed by atoms with E-state index in [1.165, 1.54) is 0 Å². The topological polar surface area (TPSA) is 63.2 Å². The second kappa shape index (κ2) is 7.04. The fourth-order valence-corrected chi connectivity index (χ4v) is 2.62. The molecular weight excluding hydrogens is 305 g/mol. The SMILES string of the molecule is CCCC(CC)NC(=O)c1cc(F)cc(S(=O)(=O)Cl)c1. The van der Waals surface area contributed by atoms with Crippen LogP contribution in [0.3, 0.4) is 0 Å². The molecule has 0 saturated carbocycles. The Balaban J connectivity index is 3.02. The minimum Gasteiger partial charge on any atom is -0.349 e. The maximum absolute atomic E-state index is 13.4. The summed E-state index contributed by atoms with van der Waals surface area (Å²) in [4.78, 5) is 11.6. The number of halogens is 2. The Kier molecular flexibility index (Phi) is 5.95. The normalized spacial score (nSPS) is 13.0. The van der Waals surface area contributed by atoms with Crippen molar-refractivity contribution in [1.82, 2.24) is 5.32 Å². The maximum atomic E-state index is 13.4. The third-order valence-electron chi connectivity index (χ3n) is 2.88. The molecule has 1 unspecified atom stereocenters. The Morgan fingerprint density at radius 2 is 2.00 bits per heavy atom. The molecule has 0 aromatic heterocycles. The van der Waals surface area contributed by atoms with Crippen LogP contribution in [-0.2, 0) is 9.05 Å². The molecule has 0 fully saturated rings. The zero-order chi connectivity index (χ0) is 15.3. The standard InChI is InChI=1S/C13H17ClFNO3S/c1-3-5-11(4-2)16-13(17)9-6-10(15)8-12(7-9)20(14,18)19/h6-8,11H,3-5H2,1-2H3,(H,16,17). The summed E-state index contributed by atoms with van der Waals surface area (Å²) in [7, 11) is 1.09. The predicted molar refractivity (Wildman–Crippen MR) is 75.9 cm³/mol. The number of carbonyl (C=O) groups excluding carboxylic acids is 1. The van der Waals surface area contributed by atoms with E-state index in [1.54, 1.807) is 0 Å². The van der Waals surface area contributed by atoms with Gasteiger partial charge in [-0.25, -0.2) is 12.8 Å². The Bertz CT molecular complexity index is 589. The van der Waals surface area contributed by atoms with Gasteiger partial charge in [-0.15, -0.1) is 0 Å². The van der Waals surface area contributed by atoms with Gasteiger partial charge in [0.2, 0.25) is 0 Å². The van der Waals surface area contributed by atoms with Crippen molar-refractivity contribution in [1.29, 1.82) is 0 Å². The van der Waals surface area contributed by atoms with Crippen molar-refractivity contribution in [2.24, 2.45) is 0 Å². The van der Waals surface area contributed by atoms with Crippen LogP contribution in [0.1, 0.15) is 43.5 Å². The van der Waals surface area contributed by atoms with E-state index >= 15 is 0 Å². The van der Waals surface area contributed by atoms with Gasteiger partial charge in [-0.2, -0.15) is 0 Å². The third-order valence-corrected chi connectivity index (χ3v) is 4.21. The molecule has 0 aliphatic heterocycles. The smallest absolute Gasteiger partial charge is 0.261 e. The molecule has 0 aliphatic carbocycles. The molecule has 1 N–H and O–H groups in total. The lowest BCUT2D eigenvalue weighted by molar-refractivity contribution is 0.0933. The summed E-state index contributed by atoms with van der Waals surface area (Å²) < 4.78 is 35.8. The van der Waals surface area contributed by atoms with Gasteiger partial charge in [0.1, 0.15) is 5.82 Å². The quantitative estimate of drug-likeness (QED) is 0.819. The lowest BCUT2D eigenvalue weighted by atomic mass is 10.1. The minimum absolute atomic E-state index is 0.0215. The van der Waals surface area contributed by atoms with Gasteiger partial charge in [0, 0.05) is 22.3 Å². The molecular formula is C13H17ClFNO3S. The number of hydrogen-bond donors (Lipinski definition) is 1. The molecule has 0 aliphatic rings. The summed E-state index contributed by atoms with van der Waals surface area (Å²) in [5.41, 5.74) is -0.0567. The molecule has 1 amide bonds. The van der Waals surface area contributed by atoms with Crippen molar-refractivity contribution in [3.05, 3.63) is 29.6 Å². The van der Waals surface area contributed by atoms with Gasteiger partial charge >= 0.3 is 0 Å². The van der Waals surface area contributed by atoms with Gasteiger partial charge in [-0.3, -0.25) is 4.79 Å². The van der Waals surface area contributed by atoms with E-state index in [4.69, 9.17) is 10.7 Å². The van der Waals surface area contributed by atoms with E-state index in [1.807, 2.05) is 13.8 Å². The second-order valence-electron chi connectivity index (χ2n) is 4.48. The first kappa shape index (κ1) is 16.9. The number of benzene rings is 1. The van der Waals surface area contributed by atoms with Crippen LogP contribution in [0.4, 0.5) is 4.39 Å². The Hall–Kier alpha value is -1.14. The van der Waals surface area contributed by atoms with Gasteiger partial charge in [0.25, 0.3) is 15.0 Å². The molecule has 0 spiro atoms. The first-order valence-corrected chi connectivity index (χ1v) is 8.65. The zero-order valence-corrected chi connectivity index (χ0v) is 12.9. The van der Waals surface area contributed by atoms with Crippen LogP contribution in [0.2, 0.25) is 0 Å². The van der Waals surface area contributed by atoms with E-state index in [0.717, 1.165) is 37.5 Å². The summed E-state index contributed by atoms with van der Waals surface area (Å²) in [5.74, 6) is -1.33. The van der Waals surface area contributed by atoms with E-state index in [2.05, 4.69) is 5.32 Å². The van der Waals surface area contributed by atoms with Crippen LogP contribution in [0.15, 0.2) is 23.1 Å². The van der Waals surface area contributed by atoms with E-state index in [0.29, 0.717) is 0 Å². The average molecular weight is 322 g/mol. The van der Waals surface area contributed by atoms with Gasteiger partial charge in [-0.1, -0.05) is 20.3 Å². The fourth-order valence-electron chi connectivity index (χ4n) is 1.83. The summed E-state index contributed by atoms with van der Waals surface area (Å²) in [6.07, 6.45) is 2.46. The lowest BCUT2D eigenvalue weighted by Gasteiger charge is -2.16. The maximum Gasteiger partial charge on any atom is 0.261 e. The molecule has 112 valence electrons. The van der Waals surface area contributed by atoms with Crippen molar-refractivity contribution in [3.63, 3.8) is 0 Å². The predicted octanol–water partition coefficient (Wildman–Crippen LogP) is 3.06. The Morgan fingerprint density at radius 3 is 2.50 bits per heavy atom. The highest BCUT2D eigenvalue weighted by molar-refractivity contribution is 8.13. The third kappa shape index (κ3) is 4.76. The van der Waals surface area contributed by atoms with Gasteiger partial charge in [-0.05, 0) is 31.0 Å². The van der Waals surface area contributed by atoms with E-state index in [9.17, 15) is 17.6 Å². The molecule has 1 aromatic carbocycles. The first-order chi connectivity index (χ1) is 9.27. The number of nitrogens with one attached hydrogen (secondary N) is 1. The number of hydrogen-bond acceptors (Lipinski definition) is 3. The zero-order valence-electron chi connectivity index (χ0n) is 11.3. The molecule has 0 bridgehead atoms. The van der Waals surface area contributed by atoms with E-state index < -0.39 is 25.7 Å². The Labute approximate surface area is 122 Å². The van der Waals surface area contributed by atoms with Crippen LogP contribution in [0.5, 0.6) is 0 Å². The molecule has 7 heteroatoms. The average Bonchev–Trinajstić information content (AvgIpc) is 2.36. The van der Waals surface area contributed by atoms with Crippen LogP contribution in [-0.4, -0.2) is 20.4 Å². The summed E-state index contributed by atoms with van der Waals surface area (Å²) in [6, 6.07) is 2.81. The van der Waals surface area contributed by atoms with Crippen molar-refractivity contribution < 1.29 is 17.6 Å². The van der Waals surface area contributed by atoms with Gasteiger partial charge in [0.15, 0.2) is 0 Å². The molecule has 0 radical (unpaired) electrons. The van der Waals surface area contributed by atoms with Crippen molar-refractivity contribution in [2.45, 2.75) is 44.0 Å². The van der Waals surface area contributed by atoms with Crippen LogP contribution in [0, 0.1) is 5.82 Å². The molecule has 0 heterocycles. The summed E-state index contributed by atoms with van der Waals surface area (Å²) in [5, 5.41) is 2.75. The van der Waals surface area contributed by atoms with Crippen LogP contribution < -0.4 is 5.32 Å². The van der Waals surface area contributed by atoms with Crippen LogP contribution in [0.25, 0.3) is 0 Å². The lowest BCUT2D eigenvalue weighted by Crippen LogP contribution is -2.34. The molecule has 1 aromatic rings. The highest BCUT2D eigenvalue weighted by Gasteiger charge is 2.17. The molecule has 0 saturated heterocycles. The van der Waals surface area contributed by atoms with Gasteiger partial charge in [0.05, 0.1) is 4.90 Å². The molecule has 1 rings (SSSR count). The highest BCUT2D eigenvalue weighted by atomic mass is 35.7. The number of carbonyl (C=O) groups is 1. The molecule has 4 nitrogen and oxygen atoms in total. The monoisotopic (exact) mass is 321 g/mol. The number of rotatable bonds is 6. The molecule has 1 atom stereocenters. The fraction of sp³-hybridized carbons (Fsp3) is 0.462. The largest absolute Gasteiger partial charge is 0.349 e. The van der Waals surface area contributed by atoms with Crippen molar-refractivity contribution in [2.75, 3.05) is 0 Å². The number of amides is 1. The summed E-state index contributed by atoms with van der Waals surface area (Å²) in [6.45, 7) is 3.93. The Morgan fingerprint density at radius 1 is 1.35 bits per heavy atom. The highest BCUT2D eigenvalue weighted by Crippen LogP contribution is 2.18.